The van der Waals surface area contributed by atoms with Crippen molar-refractivity contribution in [1.82, 2.24) is 9.88 Å². The lowest BCUT2D eigenvalue weighted by Gasteiger charge is -2.23. The van der Waals surface area contributed by atoms with Gasteiger partial charge in [-0.15, -0.1) is 0 Å². The van der Waals surface area contributed by atoms with E-state index in [0.717, 1.165) is 12.0 Å². The topological polar surface area (TPSA) is 57.0 Å². The van der Waals surface area contributed by atoms with Gasteiger partial charge in [-0.3, -0.25) is 9.78 Å². The number of hydrogen-bond acceptors (Lipinski definition) is 3. The molecule has 1 heterocycles. The van der Waals surface area contributed by atoms with E-state index in [9.17, 15) is 4.79 Å². The summed E-state index contributed by atoms with van der Waals surface area (Å²) in [5.41, 5.74) is 1.04. The number of nitrogens with zero attached hydrogens (tertiary/aromatic N) is 3. The Labute approximate surface area is 108 Å². The van der Waals surface area contributed by atoms with Crippen LogP contribution in [0.15, 0.2) is 24.5 Å². The van der Waals surface area contributed by atoms with Gasteiger partial charge in [0.25, 0.3) is 0 Å². The SMILES string of the molecule is CCCC(C#N)C(=O)N(CC)Cc1ccncc1. The maximum atomic E-state index is 12.2. The fourth-order valence-corrected chi connectivity index (χ4v) is 1.81. The number of rotatable bonds is 6. The van der Waals surface area contributed by atoms with E-state index in [0.29, 0.717) is 19.5 Å². The summed E-state index contributed by atoms with van der Waals surface area (Å²) in [6, 6.07) is 5.87. The molecule has 1 aromatic heterocycles. The molecule has 0 aliphatic heterocycles. The van der Waals surface area contributed by atoms with Gasteiger partial charge in [0.15, 0.2) is 0 Å². The monoisotopic (exact) mass is 245 g/mol. The minimum absolute atomic E-state index is 0.0707. The summed E-state index contributed by atoms with van der Waals surface area (Å²) in [5, 5.41) is 9.03. The first-order chi connectivity index (χ1) is 8.72. The van der Waals surface area contributed by atoms with Crippen LogP contribution < -0.4 is 0 Å². The van der Waals surface area contributed by atoms with E-state index in [1.165, 1.54) is 0 Å². The van der Waals surface area contributed by atoms with E-state index in [4.69, 9.17) is 5.26 Å². The molecule has 4 nitrogen and oxygen atoms in total. The van der Waals surface area contributed by atoms with E-state index in [1.54, 1.807) is 17.3 Å². The molecule has 4 heteroatoms. The predicted octanol–water partition coefficient (Wildman–Crippen LogP) is 2.37. The first-order valence-electron chi connectivity index (χ1n) is 6.30. The van der Waals surface area contributed by atoms with Gasteiger partial charge in [0.05, 0.1) is 6.07 Å². The first kappa shape index (κ1) is 14.2. The highest BCUT2D eigenvalue weighted by atomic mass is 16.2. The minimum atomic E-state index is -0.517. The third kappa shape index (κ3) is 3.85. The van der Waals surface area contributed by atoms with Crippen LogP contribution >= 0.6 is 0 Å². The van der Waals surface area contributed by atoms with Gasteiger partial charge in [-0.05, 0) is 31.0 Å². The molecule has 18 heavy (non-hydrogen) atoms. The molecule has 0 fully saturated rings. The fraction of sp³-hybridized carbons (Fsp3) is 0.500. The fourth-order valence-electron chi connectivity index (χ4n) is 1.81. The molecule has 0 saturated heterocycles. The summed E-state index contributed by atoms with van der Waals surface area (Å²) >= 11 is 0. The summed E-state index contributed by atoms with van der Waals surface area (Å²) in [5.74, 6) is -0.588. The molecule has 0 N–H and O–H groups in total. The molecule has 0 radical (unpaired) electrons. The zero-order chi connectivity index (χ0) is 13.4. The van der Waals surface area contributed by atoms with Crippen molar-refractivity contribution in [3.05, 3.63) is 30.1 Å². The van der Waals surface area contributed by atoms with Crippen molar-refractivity contribution in [1.29, 1.82) is 5.26 Å². The highest BCUT2D eigenvalue weighted by molar-refractivity contribution is 5.81. The molecule has 0 aliphatic rings. The number of amides is 1. The van der Waals surface area contributed by atoms with Crippen LogP contribution in [0.2, 0.25) is 0 Å². The maximum absolute atomic E-state index is 12.2. The third-order valence-electron chi connectivity index (χ3n) is 2.85. The minimum Gasteiger partial charge on any atom is -0.338 e. The van der Waals surface area contributed by atoms with Gasteiger partial charge < -0.3 is 4.90 Å². The number of carbonyl (C=O) groups excluding carboxylic acids is 1. The summed E-state index contributed by atoms with van der Waals surface area (Å²) in [6.07, 6.45) is 4.89. The van der Waals surface area contributed by atoms with Crippen molar-refractivity contribution in [3.63, 3.8) is 0 Å². The molecule has 0 spiro atoms. The summed E-state index contributed by atoms with van der Waals surface area (Å²) in [4.78, 5) is 17.9. The highest BCUT2D eigenvalue weighted by Gasteiger charge is 2.22. The van der Waals surface area contributed by atoms with Crippen LogP contribution in [-0.2, 0) is 11.3 Å². The van der Waals surface area contributed by atoms with Gasteiger partial charge in [0.2, 0.25) is 5.91 Å². The average molecular weight is 245 g/mol. The van der Waals surface area contributed by atoms with Crippen molar-refractivity contribution in [3.8, 4) is 6.07 Å². The lowest BCUT2D eigenvalue weighted by atomic mass is 10.0. The molecule has 0 aliphatic carbocycles. The molecule has 0 aromatic carbocycles. The molecule has 96 valence electrons. The maximum Gasteiger partial charge on any atom is 0.240 e. The molecular formula is C14H19N3O. The molecule has 1 amide bonds. The van der Waals surface area contributed by atoms with Crippen molar-refractivity contribution in [2.75, 3.05) is 6.54 Å². The van der Waals surface area contributed by atoms with Crippen molar-refractivity contribution < 1.29 is 4.79 Å². The number of pyridine rings is 1. The average Bonchev–Trinajstić information content (AvgIpc) is 2.42. The third-order valence-corrected chi connectivity index (χ3v) is 2.85. The van der Waals surface area contributed by atoms with Crippen molar-refractivity contribution in [2.24, 2.45) is 5.92 Å². The van der Waals surface area contributed by atoms with Crippen molar-refractivity contribution >= 4 is 5.91 Å². The Morgan fingerprint density at radius 1 is 1.44 bits per heavy atom. The molecule has 1 aromatic rings. The van der Waals surface area contributed by atoms with E-state index < -0.39 is 5.92 Å². The Morgan fingerprint density at radius 3 is 2.61 bits per heavy atom. The van der Waals surface area contributed by atoms with Gasteiger partial charge in [-0.25, -0.2) is 0 Å². The molecule has 1 atom stereocenters. The predicted molar refractivity (Wildman–Crippen MR) is 69.3 cm³/mol. The van der Waals surface area contributed by atoms with Crippen LogP contribution in [0.4, 0.5) is 0 Å². The van der Waals surface area contributed by atoms with Crippen LogP contribution in [0.5, 0.6) is 0 Å². The lowest BCUT2D eigenvalue weighted by Crippen LogP contribution is -2.35. The van der Waals surface area contributed by atoms with Gasteiger partial charge in [0.1, 0.15) is 5.92 Å². The lowest BCUT2D eigenvalue weighted by molar-refractivity contribution is -0.134. The van der Waals surface area contributed by atoms with Crippen LogP contribution in [0.3, 0.4) is 0 Å². The van der Waals surface area contributed by atoms with E-state index in [1.807, 2.05) is 26.0 Å². The molecule has 1 unspecified atom stereocenters. The molecule has 1 rings (SSSR count). The number of aromatic nitrogens is 1. The van der Waals surface area contributed by atoms with Gasteiger partial charge in [0, 0.05) is 25.5 Å². The second-order valence-corrected chi connectivity index (χ2v) is 4.18. The Balaban J connectivity index is 2.71. The van der Waals surface area contributed by atoms with Crippen LogP contribution in [-0.4, -0.2) is 22.3 Å². The van der Waals surface area contributed by atoms with Gasteiger partial charge in [-0.1, -0.05) is 13.3 Å². The molecular weight excluding hydrogens is 226 g/mol. The Hall–Kier alpha value is -1.89. The van der Waals surface area contributed by atoms with E-state index in [2.05, 4.69) is 11.1 Å². The molecule has 0 bridgehead atoms. The van der Waals surface area contributed by atoms with Gasteiger partial charge >= 0.3 is 0 Å². The number of nitriles is 1. The van der Waals surface area contributed by atoms with Crippen LogP contribution in [0, 0.1) is 17.2 Å². The summed E-state index contributed by atoms with van der Waals surface area (Å²) in [6.45, 7) is 5.07. The smallest absolute Gasteiger partial charge is 0.240 e. The zero-order valence-corrected chi connectivity index (χ0v) is 11.0. The number of carbonyl (C=O) groups is 1. The Kier molecular flexibility index (Phi) is 5.86. The summed E-state index contributed by atoms with van der Waals surface area (Å²) < 4.78 is 0. The standard InChI is InChI=1S/C14H19N3O/c1-3-5-13(10-15)14(18)17(4-2)11-12-6-8-16-9-7-12/h6-9,13H,3-5,11H2,1-2H3. The second kappa shape index (κ2) is 7.44. The quantitative estimate of drug-likeness (QED) is 0.773. The first-order valence-corrected chi connectivity index (χ1v) is 6.30. The van der Waals surface area contributed by atoms with Crippen molar-refractivity contribution in [2.45, 2.75) is 33.2 Å². The number of hydrogen-bond donors (Lipinski definition) is 0. The van der Waals surface area contributed by atoms with Crippen LogP contribution in [0.1, 0.15) is 32.3 Å². The van der Waals surface area contributed by atoms with Crippen LogP contribution in [0.25, 0.3) is 0 Å². The van der Waals surface area contributed by atoms with E-state index in [-0.39, 0.29) is 5.91 Å². The highest BCUT2D eigenvalue weighted by Crippen LogP contribution is 2.12. The van der Waals surface area contributed by atoms with Gasteiger partial charge in [-0.2, -0.15) is 5.26 Å². The largest absolute Gasteiger partial charge is 0.338 e. The normalized spacial score (nSPS) is 11.6. The second-order valence-electron chi connectivity index (χ2n) is 4.18. The molecule has 0 saturated carbocycles. The van der Waals surface area contributed by atoms with E-state index >= 15 is 0 Å². The zero-order valence-electron chi connectivity index (χ0n) is 11.0. The summed E-state index contributed by atoms with van der Waals surface area (Å²) in [7, 11) is 0. The Morgan fingerprint density at radius 2 is 2.11 bits per heavy atom. The Bertz CT molecular complexity index is 411.